The number of thiophene rings is 1. The van der Waals surface area contributed by atoms with E-state index in [1.54, 1.807) is 6.92 Å². The number of anilines is 1. The van der Waals surface area contributed by atoms with Crippen LogP contribution in [0.25, 0.3) is 0 Å². The van der Waals surface area contributed by atoms with E-state index in [0.717, 1.165) is 0 Å². The van der Waals surface area contributed by atoms with Crippen LogP contribution in [0.1, 0.15) is 24.3 Å². The average molecular weight is 269 g/mol. The summed E-state index contributed by atoms with van der Waals surface area (Å²) in [7, 11) is -3.74. The highest BCUT2D eigenvalue weighted by Gasteiger charge is 2.32. The van der Waals surface area contributed by atoms with Crippen LogP contribution >= 0.6 is 11.3 Å². The maximum absolute atomic E-state index is 12.0. The van der Waals surface area contributed by atoms with Crippen LogP contribution in [0.2, 0.25) is 0 Å². The van der Waals surface area contributed by atoms with Gasteiger partial charge >= 0.3 is 0 Å². The van der Waals surface area contributed by atoms with Crippen LogP contribution in [-0.4, -0.2) is 14.3 Å². The summed E-state index contributed by atoms with van der Waals surface area (Å²) in [6.45, 7) is 5.45. The van der Waals surface area contributed by atoms with Crippen LogP contribution < -0.4 is 5.32 Å². The first kappa shape index (κ1) is 12.1. The molecule has 0 fully saturated rings. The normalized spacial score (nSPS) is 17.0. The van der Waals surface area contributed by atoms with Gasteiger partial charge in [-0.3, -0.25) is 0 Å². The van der Waals surface area contributed by atoms with Crippen LogP contribution in [0, 0.1) is 24.2 Å². The van der Waals surface area contributed by atoms with E-state index in [0.29, 0.717) is 15.7 Å². The van der Waals surface area contributed by atoms with Gasteiger partial charge in [0, 0.05) is 10.8 Å². The predicted octanol–water partition coefficient (Wildman–Crippen LogP) is 2.10. The van der Waals surface area contributed by atoms with Gasteiger partial charge in [0.15, 0.2) is 0 Å². The summed E-state index contributed by atoms with van der Waals surface area (Å²) in [5, 5.41) is 12.5. The van der Waals surface area contributed by atoms with Crippen molar-refractivity contribution in [1.29, 1.82) is 5.26 Å². The number of nitrogens with zero attached hydrogens (tertiary/aromatic N) is 2. The summed E-state index contributed by atoms with van der Waals surface area (Å²) >= 11 is 1.27. The van der Waals surface area contributed by atoms with Crippen molar-refractivity contribution in [3.8, 4) is 6.07 Å². The first-order valence-electron chi connectivity index (χ1n) is 5.02. The van der Waals surface area contributed by atoms with Gasteiger partial charge in [0.1, 0.15) is 21.8 Å². The largest absolute Gasteiger partial charge is 0.333 e. The second kappa shape index (κ2) is 3.82. The number of sulfonamides is 1. The molecule has 0 saturated carbocycles. The molecule has 0 unspecified atom stereocenters. The number of amidine groups is 1. The summed E-state index contributed by atoms with van der Waals surface area (Å²) in [6.07, 6.45) is 0. The van der Waals surface area contributed by atoms with E-state index in [2.05, 4.69) is 9.71 Å². The summed E-state index contributed by atoms with van der Waals surface area (Å²) in [5.41, 5.74) is 0.198. The molecule has 1 aromatic rings. The van der Waals surface area contributed by atoms with Gasteiger partial charge in [0.25, 0.3) is 10.0 Å². The third-order valence-electron chi connectivity index (χ3n) is 2.42. The Kier molecular flexibility index (Phi) is 2.72. The van der Waals surface area contributed by atoms with Crippen LogP contribution in [0.3, 0.4) is 0 Å². The maximum Gasteiger partial charge on any atom is 0.288 e. The SMILES string of the molecule is Cc1sc2c(c1C#N)S(=O)(=O)N=C(C(C)C)N2. The molecule has 2 heterocycles. The number of nitriles is 1. The minimum Gasteiger partial charge on any atom is -0.333 e. The molecule has 1 N–H and O–H groups in total. The minimum atomic E-state index is -3.74. The Balaban J connectivity index is 2.71. The maximum atomic E-state index is 12.0. The van der Waals surface area contributed by atoms with Crippen LogP contribution in [0.5, 0.6) is 0 Å². The highest BCUT2D eigenvalue weighted by Crippen LogP contribution is 2.39. The fraction of sp³-hybridized carbons (Fsp3) is 0.400. The monoisotopic (exact) mass is 269 g/mol. The van der Waals surface area contributed by atoms with Crippen molar-refractivity contribution in [3.05, 3.63) is 10.4 Å². The lowest BCUT2D eigenvalue weighted by Crippen LogP contribution is -2.24. The number of hydrogen-bond acceptors (Lipinski definition) is 5. The number of fused-ring (bicyclic) bond motifs is 1. The van der Waals surface area contributed by atoms with E-state index in [-0.39, 0.29) is 16.4 Å². The molecule has 0 aliphatic carbocycles. The molecule has 1 aliphatic heterocycles. The second-order valence-corrected chi connectivity index (χ2v) is 6.80. The molecular weight excluding hydrogens is 258 g/mol. The number of nitrogens with one attached hydrogen (secondary N) is 1. The number of aryl methyl sites for hydroxylation is 1. The van der Waals surface area contributed by atoms with Gasteiger partial charge in [-0.05, 0) is 6.92 Å². The van der Waals surface area contributed by atoms with Gasteiger partial charge < -0.3 is 5.32 Å². The minimum absolute atomic E-state index is 0.00846. The first-order chi connectivity index (χ1) is 7.86. The van der Waals surface area contributed by atoms with E-state index >= 15 is 0 Å². The summed E-state index contributed by atoms with van der Waals surface area (Å²) in [5.74, 6) is 0.411. The van der Waals surface area contributed by atoms with Crippen molar-refractivity contribution in [2.75, 3.05) is 5.32 Å². The van der Waals surface area contributed by atoms with Gasteiger partial charge in [-0.25, -0.2) is 0 Å². The van der Waals surface area contributed by atoms with E-state index in [1.165, 1.54) is 11.3 Å². The van der Waals surface area contributed by atoms with Crippen molar-refractivity contribution in [3.63, 3.8) is 0 Å². The molecule has 1 aromatic heterocycles. The molecule has 0 bridgehead atoms. The summed E-state index contributed by atoms with van der Waals surface area (Å²) in [4.78, 5) is 0.709. The third kappa shape index (κ3) is 1.83. The molecule has 7 heteroatoms. The fourth-order valence-electron chi connectivity index (χ4n) is 1.55. The van der Waals surface area contributed by atoms with Crippen molar-refractivity contribution >= 4 is 32.2 Å². The van der Waals surface area contributed by atoms with Gasteiger partial charge in [-0.15, -0.1) is 15.7 Å². The van der Waals surface area contributed by atoms with E-state index in [9.17, 15) is 8.42 Å². The molecule has 0 saturated heterocycles. The average Bonchev–Trinajstić information content (AvgIpc) is 2.53. The van der Waals surface area contributed by atoms with Crippen molar-refractivity contribution in [1.82, 2.24) is 0 Å². The second-order valence-electron chi connectivity index (χ2n) is 4.03. The molecule has 0 atom stereocenters. The number of rotatable bonds is 1. The third-order valence-corrected chi connectivity index (χ3v) is 4.93. The molecule has 0 amide bonds. The molecule has 17 heavy (non-hydrogen) atoms. The topological polar surface area (TPSA) is 82.3 Å². The van der Waals surface area contributed by atoms with E-state index in [1.807, 2.05) is 19.9 Å². The lowest BCUT2D eigenvalue weighted by Gasteiger charge is -2.17. The quantitative estimate of drug-likeness (QED) is 0.846. The first-order valence-corrected chi connectivity index (χ1v) is 7.28. The van der Waals surface area contributed by atoms with Crippen LogP contribution in [-0.2, 0) is 10.0 Å². The van der Waals surface area contributed by atoms with E-state index < -0.39 is 10.0 Å². The highest BCUT2D eigenvalue weighted by molar-refractivity contribution is 7.90. The molecule has 0 aromatic carbocycles. The Morgan fingerprint density at radius 1 is 1.47 bits per heavy atom. The van der Waals surface area contributed by atoms with Crippen LogP contribution in [0.15, 0.2) is 9.29 Å². The Morgan fingerprint density at radius 3 is 2.65 bits per heavy atom. The van der Waals surface area contributed by atoms with Crippen molar-refractivity contribution in [2.24, 2.45) is 10.3 Å². The predicted molar refractivity (Wildman–Crippen MR) is 66.9 cm³/mol. The van der Waals surface area contributed by atoms with E-state index in [4.69, 9.17) is 5.26 Å². The molecule has 2 rings (SSSR count). The zero-order valence-electron chi connectivity index (χ0n) is 9.60. The smallest absolute Gasteiger partial charge is 0.288 e. The Bertz CT molecular complexity index is 648. The lowest BCUT2D eigenvalue weighted by atomic mass is 10.2. The molecule has 1 aliphatic rings. The lowest BCUT2D eigenvalue weighted by molar-refractivity contribution is 0.597. The molecular formula is C10H11N3O2S2. The molecule has 5 nitrogen and oxygen atoms in total. The molecule has 90 valence electrons. The highest BCUT2D eigenvalue weighted by atomic mass is 32.2. The Labute approximate surface area is 104 Å². The van der Waals surface area contributed by atoms with Gasteiger partial charge in [-0.1, -0.05) is 13.8 Å². The zero-order valence-corrected chi connectivity index (χ0v) is 11.2. The van der Waals surface area contributed by atoms with Crippen molar-refractivity contribution < 1.29 is 8.42 Å². The fourth-order valence-corrected chi connectivity index (χ4v) is 4.31. The zero-order chi connectivity index (χ0) is 12.8. The van der Waals surface area contributed by atoms with Crippen LogP contribution in [0.4, 0.5) is 5.00 Å². The van der Waals surface area contributed by atoms with Crippen molar-refractivity contribution in [2.45, 2.75) is 25.7 Å². The molecule has 0 spiro atoms. The summed E-state index contributed by atoms with van der Waals surface area (Å²) < 4.78 is 27.7. The Morgan fingerprint density at radius 2 is 2.12 bits per heavy atom. The number of hydrogen-bond donors (Lipinski definition) is 1. The summed E-state index contributed by atoms with van der Waals surface area (Å²) in [6, 6.07) is 1.93. The standard InChI is InChI=1S/C10H11N3O2S2/c1-5(2)9-12-10-8(17(14,15)13-9)7(4-11)6(3)16-10/h5H,1-3H3,(H,12,13). The van der Waals surface area contributed by atoms with Gasteiger partial charge in [0.05, 0.1) is 5.56 Å². The van der Waals surface area contributed by atoms with Gasteiger partial charge in [0.2, 0.25) is 0 Å². The Hall–Kier alpha value is -1.39. The molecule has 0 radical (unpaired) electrons. The van der Waals surface area contributed by atoms with Gasteiger partial charge in [-0.2, -0.15) is 13.7 Å².